The summed E-state index contributed by atoms with van der Waals surface area (Å²) in [5.41, 5.74) is 1.55. The van der Waals surface area contributed by atoms with Crippen LogP contribution >= 0.6 is 11.6 Å². The normalized spacial score (nSPS) is 19.4. The van der Waals surface area contributed by atoms with Crippen molar-refractivity contribution >= 4 is 34.4 Å². The molecule has 2 heterocycles. The van der Waals surface area contributed by atoms with Crippen molar-refractivity contribution < 1.29 is 14.0 Å². The summed E-state index contributed by atoms with van der Waals surface area (Å²) in [5, 5.41) is 6.69. The first-order valence-electron chi connectivity index (χ1n) is 6.38. The van der Waals surface area contributed by atoms with E-state index in [9.17, 15) is 9.59 Å². The molecule has 1 fully saturated rings. The first-order chi connectivity index (χ1) is 9.65. The number of hydrogen-bond acceptors (Lipinski definition) is 4. The molecule has 1 unspecified atom stereocenters. The van der Waals surface area contributed by atoms with E-state index in [4.69, 9.17) is 16.0 Å². The van der Waals surface area contributed by atoms with Gasteiger partial charge in [-0.3, -0.25) is 14.9 Å². The van der Waals surface area contributed by atoms with Crippen molar-refractivity contribution in [2.24, 2.45) is 0 Å². The molecule has 0 bridgehead atoms. The summed E-state index contributed by atoms with van der Waals surface area (Å²) in [7, 11) is 0. The summed E-state index contributed by atoms with van der Waals surface area (Å²) in [5.74, 6) is -0.509. The lowest BCUT2D eigenvalue weighted by atomic mass is 10.1. The van der Waals surface area contributed by atoms with Gasteiger partial charge in [0.05, 0.1) is 6.04 Å². The lowest BCUT2D eigenvalue weighted by Gasteiger charge is -2.21. The van der Waals surface area contributed by atoms with Gasteiger partial charge in [0.2, 0.25) is 11.8 Å². The molecule has 1 aliphatic heterocycles. The van der Waals surface area contributed by atoms with Crippen molar-refractivity contribution in [2.75, 3.05) is 0 Å². The molecule has 5 nitrogen and oxygen atoms in total. The van der Waals surface area contributed by atoms with E-state index in [1.807, 2.05) is 24.3 Å². The minimum Gasteiger partial charge on any atom is -0.444 e. The molecule has 1 atom stereocenters. The highest BCUT2D eigenvalue weighted by molar-refractivity contribution is 6.30. The fraction of sp³-hybridized carbons (Fsp3) is 0.286. The van der Waals surface area contributed by atoms with Gasteiger partial charge < -0.3 is 9.73 Å². The van der Waals surface area contributed by atoms with Crippen molar-refractivity contribution in [3.8, 4) is 0 Å². The predicted molar refractivity (Wildman–Crippen MR) is 74.2 cm³/mol. The van der Waals surface area contributed by atoms with Gasteiger partial charge in [-0.05, 0) is 24.1 Å². The standard InChI is InChI=1S/C14H13ClN2O3/c15-13-9(8-3-1-2-4-11(8)20-13)7-16-10-5-6-12(18)17-14(10)19/h1-4,10,16H,5-7H2,(H,17,18,19). The average Bonchev–Trinajstić information content (AvgIpc) is 2.74. The summed E-state index contributed by atoms with van der Waals surface area (Å²) >= 11 is 6.08. The number of hydrogen-bond donors (Lipinski definition) is 2. The highest BCUT2D eigenvalue weighted by atomic mass is 35.5. The number of benzene rings is 1. The molecule has 1 aromatic heterocycles. The topological polar surface area (TPSA) is 71.3 Å². The molecule has 0 aliphatic carbocycles. The molecular weight excluding hydrogens is 280 g/mol. The van der Waals surface area contributed by atoms with E-state index in [2.05, 4.69) is 10.6 Å². The van der Waals surface area contributed by atoms with E-state index in [1.54, 1.807) is 0 Å². The molecule has 3 rings (SSSR count). The Morgan fingerprint density at radius 1 is 1.35 bits per heavy atom. The number of fused-ring (bicyclic) bond motifs is 1. The maximum atomic E-state index is 11.7. The first kappa shape index (κ1) is 13.1. The number of piperidine rings is 1. The average molecular weight is 293 g/mol. The smallest absolute Gasteiger partial charge is 0.243 e. The van der Waals surface area contributed by atoms with Crippen LogP contribution in [0.1, 0.15) is 18.4 Å². The Labute approximate surface area is 120 Å². The van der Waals surface area contributed by atoms with Crippen LogP contribution in [0.25, 0.3) is 11.0 Å². The summed E-state index contributed by atoms with van der Waals surface area (Å²) < 4.78 is 5.45. The maximum absolute atomic E-state index is 11.7. The fourth-order valence-electron chi connectivity index (χ4n) is 2.35. The fourth-order valence-corrected chi connectivity index (χ4v) is 2.60. The largest absolute Gasteiger partial charge is 0.444 e. The molecular formula is C14H13ClN2O3. The quantitative estimate of drug-likeness (QED) is 0.849. The number of halogens is 1. The van der Waals surface area contributed by atoms with Gasteiger partial charge in [0.1, 0.15) is 5.58 Å². The van der Waals surface area contributed by atoms with Gasteiger partial charge >= 0.3 is 0 Å². The first-order valence-corrected chi connectivity index (χ1v) is 6.76. The molecule has 2 amide bonds. The highest BCUT2D eigenvalue weighted by Gasteiger charge is 2.26. The van der Waals surface area contributed by atoms with Crippen LogP contribution in [0.4, 0.5) is 0 Å². The van der Waals surface area contributed by atoms with E-state index >= 15 is 0 Å². The molecule has 0 saturated carbocycles. The number of amides is 2. The van der Waals surface area contributed by atoms with Crippen LogP contribution in [-0.4, -0.2) is 17.9 Å². The second-order valence-corrected chi connectivity index (χ2v) is 5.08. The predicted octanol–water partition coefficient (Wildman–Crippen LogP) is 1.98. The van der Waals surface area contributed by atoms with Gasteiger partial charge in [-0.15, -0.1) is 0 Å². The summed E-state index contributed by atoms with van der Waals surface area (Å²) in [6, 6.07) is 7.17. The number of rotatable bonds is 3. The zero-order valence-corrected chi connectivity index (χ0v) is 11.4. The third kappa shape index (κ3) is 2.42. The number of imide groups is 1. The van der Waals surface area contributed by atoms with Crippen molar-refractivity contribution in [1.29, 1.82) is 0 Å². The van der Waals surface area contributed by atoms with E-state index in [-0.39, 0.29) is 17.9 Å². The van der Waals surface area contributed by atoms with Crippen molar-refractivity contribution in [3.63, 3.8) is 0 Å². The third-order valence-corrected chi connectivity index (χ3v) is 3.72. The molecule has 104 valence electrons. The Balaban J connectivity index is 1.75. The zero-order chi connectivity index (χ0) is 14.1. The maximum Gasteiger partial charge on any atom is 0.243 e. The van der Waals surface area contributed by atoms with Crippen LogP contribution in [-0.2, 0) is 16.1 Å². The molecule has 0 spiro atoms. The number of furan rings is 1. The minimum atomic E-state index is -0.377. The van der Waals surface area contributed by atoms with Crippen LogP contribution in [0.5, 0.6) is 0 Å². The van der Waals surface area contributed by atoms with Gasteiger partial charge in [0.25, 0.3) is 0 Å². The van der Waals surface area contributed by atoms with E-state index in [0.717, 1.165) is 16.5 Å². The number of para-hydroxylation sites is 1. The minimum absolute atomic E-state index is 0.222. The second kappa shape index (κ2) is 5.26. The Morgan fingerprint density at radius 2 is 2.15 bits per heavy atom. The van der Waals surface area contributed by atoms with Gasteiger partial charge in [-0.1, -0.05) is 18.2 Å². The van der Waals surface area contributed by atoms with Crippen LogP contribution in [0.2, 0.25) is 5.22 Å². The van der Waals surface area contributed by atoms with Crippen molar-refractivity contribution in [1.82, 2.24) is 10.6 Å². The Kier molecular flexibility index (Phi) is 3.46. The monoisotopic (exact) mass is 292 g/mol. The second-order valence-electron chi connectivity index (χ2n) is 4.74. The molecule has 2 N–H and O–H groups in total. The zero-order valence-electron chi connectivity index (χ0n) is 10.6. The Bertz CT molecular complexity index is 680. The molecule has 6 heteroatoms. The highest BCUT2D eigenvalue weighted by Crippen LogP contribution is 2.29. The van der Waals surface area contributed by atoms with Crippen molar-refractivity contribution in [3.05, 3.63) is 35.0 Å². The van der Waals surface area contributed by atoms with Crippen LogP contribution < -0.4 is 10.6 Å². The summed E-state index contributed by atoms with van der Waals surface area (Å²) in [6.45, 7) is 0.419. The molecule has 20 heavy (non-hydrogen) atoms. The molecule has 1 saturated heterocycles. The van der Waals surface area contributed by atoms with Gasteiger partial charge in [-0.2, -0.15) is 0 Å². The van der Waals surface area contributed by atoms with E-state index in [1.165, 1.54) is 0 Å². The van der Waals surface area contributed by atoms with Crippen LogP contribution in [0, 0.1) is 0 Å². The summed E-state index contributed by atoms with van der Waals surface area (Å²) in [6.07, 6.45) is 0.849. The van der Waals surface area contributed by atoms with Gasteiger partial charge in [0, 0.05) is 23.9 Å². The van der Waals surface area contributed by atoms with E-state index < -0.39 is 0 Å². The SMILES string of the molecule is O=C1CCC(NCc2c(Cl)oc3ccccc23)C(=O)N1. The van der Waals surface area contributed by atoms with Crippen LogP contribution in [0.15, 0.2) is 28.7 Å². The Morgan fingerprint density at radius 3 is 2.95 bits per heavy atom. The van der Waals surface area contributed by atoms with Gasteiger partial charge in [-0.25, -0.2) is 0 Å². The van der Waals surface area contributed by atoms with Crippen LogP contribution in [0.3, 0.4) is 0 Å². The summed E-state index contributed by atoms with van der Waals surface area (Å²) in [4.78, 5) is 22.7. The van der Waals surface area contributed by atoms with Gasteiger partial charge in [0.15, 0.2) is 5.22 Å². The van der Waals surface area contributed by atoms with Crippen molar-refractivity contribution in [2.45, 2.75) is 25.4 Å². The molecule has 1 aliphatic rings. The number of carbonyl (C=O) groups is 2. The molecule has 1 aromatic carbocycles. The van der Waals surface area contributed by atoms with E-state index in [0.29, 0.717) is 24.6 Å². The number of nitrogens with one attached hydrogen (secondary N) is 2. The molecule has 2 aromatic rings. The Hall–Kier alpha value is -1.85. The lowest BCUT2D eigenvalue weighted by Crippen LogP contribution is -2.50. The lowest BCUT2D eigenvalue weighted by molar-refractivity contribution is -0.134. The third-order valence-electron chi connectivity index (χ3n) is 3.41. The number of carbonyl (C=O) groups excluding carboxylic acids is 2. The molecule has 0 radical (unpaired) electrons.